The fourth-order valence-corrected chi connectivity index (χ4v) is 1.18. The fraction of sp³-hybridized carbons (Fsp3) is 0.800. The summed E-state index contributed by atoms with van der Waals surface area (Å²) in [5.41, 5.74) is 5.53. The molecule has 0 amide bonds. The van der Waals surface area contributed by atoms with Crippen LogP contribution >= 0.6 is 12.4 Å². The Kier molecular flexibility index (Phi) is 11.8. The third-order valence-corrected chi connectivity index (χ3v) is 2.13. The normalized spacial score (nSPS) is 11.2. The Labute approximate surface area is 102 Å². The Balaban J connectivity index is 0. The van der Waals surface area contributed by atoms with E-state index in [-0.39, 0.29) is 24.3 Å². The molecule has 0 aliphatic carbocycles. The lowest BCUT2D eigenvalue weighted by Crippen LogP contribution is -2.31. The Hall–Kier alpha value is -0.810. The standard InChI is InChI=1S/C10H19NO4.ClH/c1-14-9(12)7-5-3-4-6-8(11)10(13)15-2;/h8H,3-7,11H2,1-2H3;1H/t8-;/m0./s1. The van der Waals surface area contributed by atoms with Crippen LogP contribution in [0.25, 0.3) is 0 Å². The van der Waals surface area contributed by atoms with E-state index < -0.39 is 6.04 Å². The molecule has 0 rings (SSSR count). The van der Waals surface area contributed by atoms with E-state index in [9.17, 15) is 9.59 Å². The molecule has 6 heteroatoms. The van der Waals surface area contributed by atoms with Crippen LogP contribution in [-0.4, -0.2) is 32.2 Å². The smallest absolute Gasteiger partial charge is 0.322 e. The summed E-state index contributed by atoms with van der Waals surface area (Å²) < 4.78 is 8.98. The van der Waals surface area contributed by atoms with Crippen LogP contribution < -0.4 is 5.73 Å². The molecule has 5 nitrogen and oxygen atoms in total. The summed E-state index contributed by atoms with van der Waals surface area (Å²) in [5.74, 6) is -0.588. The van der Waals surface area contributed by atoms with Crippen LogP contribution in [0.2, 0.25) is 0 Å². The summed E-state index contributed by atoms with van der Waals surface area (Å²) in [6.07, 6.45) is 3.45. The number of carbonyl (C=O) groups is 2. The van der Waals surface area contributed by atoms with E-state index >= 15 is 0 Å². The number of esters is 2. The number of nitrogens with two attached hydrogens (primary N) is 1. The van der Waals surface area contributed by atoms with Gasteiger partial charge < -0.3 is 15.2 Å². The maximum absolute atomic E-state index is 10.9. The molecule has 0 aromatic rings. The average Bonchev–Trinajstić information content (AvgIpc) is 2.26. The first kappa shape index (κ1) is 17.6. The van der Waals surface area contributed by atoms with Gasteiger partial charge in [0.05, 0.1) is 14.2 Å². The molecule has 0 aliphatic rings. The molecule has 0 saturated heterocycles. The van der Waals surface area contributed by atoms with Gasteiger partial charge in [0.25, 0.3) is 0 Å². The SMILES string of the molecule is COC(=O)CCCCC[C@H](N)C(=O)OC.Cl. The van der Waals surface area contributed by atoms with Crippen LogP contribution in [0.1, 0.15) is 32.1 Å². The van der Waals surface area contributed by atoms with Crippen molar-refractivity contribution in [2.24, 2.45) is 5.73 Å². The lowest BCUT2D eigenvalue weighted by Gasteiger charge is -2.08. The Morgan fingerprint density at radius 2 is 1.75 bits per heavy atom. The molecule has 0 aromatic carbocycles. The van der Waals surface area contributed by atoms with Crippen LogP contribution in [0, 0.1) is 0 Å². The number of rotatable bonds is 7. The molecule has 0 bridgehead atoms. The van der Waals surface area contributed by atoms with Gasteiger partial charge in [-0.15, -0.1) is 12.4 Å². The van der Waals surface area contributed by atoms with Gasteiger partial charge in [0.2, 0.25) is 0 Å². The van der Waals surface area contributed by atoms with Crippen LogP contribution in [0.15, 0.2) is 0 Å². The van der Waals surface area contributed by atoms with E-state index in [1.54, 1.807) is 0 Å². The van der Waals surface area contributed by atoms with Crippen molar-refractivity contribution >= 4 is 24.3 Å². The maximum atomic E-state index is 10.9. The largest absolute Gasteiger partial charge is 0.469 e. The molecule has 0 aromatic heterocycles. The first-order chi connectivity index (χ1) is 7.11. The number of unbranched alkanes of at least 4 members (excludes halogenated alkanes) is 2. The van der Waals surface area contributed by atoms with Gasteiger partial charge >= 0.3 is 11.9 Å². The Morgan fingerprint density at radius 1 is 1.12 bits per heavy atom. The first-order valence-electron chi connectivity index (χ1n) is 5.02. The van der Waals surface area contributed by atoms with Gasteiger partial charge in [0.1, 0.15) is 6.04 Å². The van der Waals surface area contributed by atoms with Crippen LogP contribution in [0.3, 0.4) is 0 Å². The molecule has 1 atom stereocenters. The molecule has 0 saturated carbocycles. The lowest BCUT2D eigenvalue weighted by atomic mass is 10.1. The number of hydrogen-bond acceptors (Lipinski definition) is 5. The summed E-state index contributed by atoms with van der Waals surface area (Å²) >= 11 is 0. The van der Waals surface area contributed by atoms with E-state index in [1.807, 2.05) is 0 Å². The predicted molar refractivity (Wildman–Crippen MR) is 62.3 cm³/mol. The highest BCUT2D eigenvalue weighted by molar-refractivity contribution is 5.85. The molecule has 0 radical (unpaired) electrons. The number of carbonyl (C=O) groups excluding carboxylic acids is 2. The number of ether oxygens (including phenoxy) is 2. The van der Waals surface area contributed by atoms with E-state index in [0.717, 1.165) is 19.3 Å². The second kappa shape index (κ2) is 10.7. The van der Waals surface area contributed by atoms with Crippen molar-refractivity contribution in [3.8, 4) is 0 Å². The number of halogens is 1. The summed E-state index contributed by atoms with van der Waals surface area (Å²) in [6.45, 7) is 0. The predicted octanol–water partition coefficient (Wildman–Crippen LogP) is 1.03. The van der Waals surface area contributed by atoms with Crippen molar-refractivity contribution in [1.82, 2.24) is 0 Å². The highest BCUT2D eigenvalue weighted by Crippen LogP contribution is 2.06. The molecule has 0 aliphatic heterocycles. The summed E-state index contributed by atoms with van der Waals surface area (Å²) in [4.78, 5) is 21.7. The third kappa shape index (κ3) is 8.49. The van der Waals surface area contributed by atoms with Crippen molar-refractivity contribution in [1.29, 1.82) is 0 Å². The van der Waals surface area contributed by atoms with Gasteiger partial charge in [-0.25, -0.2) is 0 Å². The van der Waals surface area contributed by atoms with E-state index in [0.29, 0.717) is 12.8 Å². The topological polar surface area (TPSA) is 78.6 Å². The Bertz CT molecular complexity index is 211. The van der Waals surface area contributed by atoms with Gasteiger partial charge in [-0.05, 0) is 12.8 Å². The third-order valence-electron chi connectivity index (χ3n) is 2.13. The molecule has 0 spiro atoms. The van der Waals surface area contributed by atoms with E-state index in [2.05, 4.69) is 9.47 Å². The molecule has 0 unspecified atom stereocenters. The van der Waals surface area contributed by atoms with Crippen LogP contribution in [-0.2, 0) is 19.1 Å². The molecule has 16 heavy (non-hydrogen) atoms. The zero-order valence-electron chi connectivity index (χ0n) is 9.73. The number of methoxy groups -OCH3 is 2. The number of hydrogen-bond donors (Lipinski definition) is 1. The maximum Gasteiger partial charge on any atom is 0.322 e. The molecule has 0 heterocycles. The average molecular weight is 254 g/mol. The van der Waals surface area contributed by atoms with Crippen molar-refractivity contribution in [3.05, 3.63) is 0 Å². The van der Waals surface area contributed by atoms with Crippen LogP contribution in [0.5, 0.6) is 0 Å². The van der Waals surface area contributed by atoms with Crippen molar-refractivity contribution in [3.63, 3.8) is 0 Å². The minimum Gasteiger partial charge on any atom is -0.469 e. The lowest BCUT2D eigenvalue weighted by molar-refractivity contribution is -0.142. The van der Waals surface area contributed by atoms with Gasteiger partial charge in [-0.2, -0.15) is 0 Å². The second-order valence-corrected chi connectivity index (χ2v) is 3.31. The van der Waals surface area contributed by atoms with Gasteiger partial charge in [0.15, 0.2) is 0 Å². The second-order valence-electron chi connectivity index (χ2n) is 3.31. The Morgan fingerprint density at radius 3 is 2.25 bits per heavy atom. The molecular formula is C10H20ClNO4. The quantitative estimate of drug-likeness (QED) is 0.542. The van der Waals surface area contributed by atoms with Gasteiger partial charge in [-0.3, -0.25) is 9.59 Å². The fourth-order valence-electron chi connectivity index (χ4n) is 1.18. The van der Waals surface area contributed by atoms with E-state index in [1.165, 1.54) is 14.2 Å². The van der Waals surface area contributed by atoms with Crippen molar-refractivity contribution in [2.75, 3.05) is 14.2 Å². The zero-order valence-corrected chi connectivity index (χ0v) is 10.5. The zero-order chi connectivity index (χ0) is 11.7. The van der Waals surface area contributed by atoms with Crippen molar-refractivity contribution < 1.29 is 19.1 Å². The summed E-state index contributed by atoms with van der Waals surface area (Å²) in [7, 11) is 2.69. The molecule has 96 valence electrons. The van der Waals surface area contributed by atoms with Gasteiger partial charge in [0, 0.05) is 6.42 Å². The highest BCUT2D eigenvalue weighted by atomic mass is 35.5. The summed E-state index contributed by atoms with van der Waals surface area (Å²) in [6, 6.07) is -0.548. The minimum absolute atomic E-state index is 0. The first-order valence-corrected chi connectivity index (χ1v) is 5.02. The van der Waals surface area contributed by atoms with Crippen LogP contribution in [0.4, 0.5) is 0 Å². The molecule has 2 N–H and O–H groups in total. The van der Waals surface area contributed by atoms with E-state index in [4.69, 9.17) is 5.73 Å². The minimum atomic E-state index is -0.548. The van der Waals surface area contributed by atoms with Gasteiger partial charge in [-0.1, -0.05) is 12.8 Å². The summed E-state index contributed by atoms with van der Waals surface area (Å²) in [5, 5.41) is 0. The monoisotopic (exact) mass is 253 g/mol. The molecular weight excluding hydrogens is 234 g/mol. The van der Waals surface area contributed by atoms with Crippen molar-refractivity contribution in [2.45, 2.75) is 38.1 Å². The highest BCUT2D eigenvalue weighted by Gasteiger charge is 2.12. The molecule has 0 fully saturated rings.